The third-order valence-electron chi connectivity index (χ3n) is 4.05. The second-order valence-corrected chi connectivity index (χ2v) is 6.50. The second kappa shape index (κ2) is 5.96. The monoisotopic (exact) mass is 276 g/mol. The molecule has 1 aromatic carbocycles. The molecule has 1 aromatic rings. The molecule has 110 valence electrons. The molecule has 0 spiro atoms. The fourth-order valence-electron chi connectivity index (χ4n) is 2.84. The van der Waals surface area contributed by atoms with Crippen LogP contribution in [-0.4, -0.2) is 22.8 Å². The van der Waals surface area contributed by atoms with Crippen LogP contribution in [0.4, 0.5) is 0 Å². The van der Waals surface area contributed by atoms with E-state index in [1.54, 1.807) is 0 Å². The van der Waals surface area contributed by atoms with Gasteiger partial charge in [0.1, 0.15) is 0 Å². The van der Waals surface area contributed by atoms with Crippen LogP contribution in [0.1, 0.15) is 44.2 Å². The van der Waals surface area contributed by atoms with Gasteiger partial charge in [0, 0.05) is 0 Å². The van der Waals surface area contributed by atoms with Crippen molar-refractivity contribution in [1.29, 1.82) is 0 Å². The largest absolute Gasteiger partial charge is 0.481 e. The maximum absolute atomic E-state index is 11.5. The Kier molecular flexibility index (Phi) is 4.48. The fraction of sp³-hybridized carbons (Fsp3) is 0.588. The standard InChI is InChI=1S/C17H24O3/c1-12-4-6-13(7-5-12)10-14(16(18)19)11-15-8-9-17(2,3)20-15/h4-7,14-15H,8-11H2,1-3H3,(H,18,19). The predicted molar refractivity (Wildman–Crippen MR) is 78.8 cm³/mol. The number of aryl methyl sites for hydroxylation is 1. The van der Waals surface area contributed by atoms with E-state index in [1.807, 2.05) is 31.2 Å². The number of carboxylic acid groups (broad SMARTS) is 1. The van der Waals surface area contributed by atoms with Gasteiger partial charge in [0.15, 0.2) is 0 Å². The van der Waals surface area contributed by atoms with Gasteiger partial charge >= 0.3 is 5.97 Å². The summed E-state index contributed by atoms with van der Waals surface area (Å²) < 4.78 is 5.92. The van der Waals surface area contributed by atoms with Gasteiger partial charge < -0.3 is 9.84 Å². The van der Waals surface area contributed by atoms with E-state index in [2.05, 4.69) is 13.8 Å². The van der Waals surface area contributed by atoms with Crippen molar-refractivity contribution in [2.24, 2.45) is 5.92 Å². The van der Waals surface area contributed by atoms with Gasteiger partial charge in [0.05, 0.1) is 17.6 Å². The van der Waals surface area contributed by atoms with Gasteiger partial charge in [-0.2, -0.15) is 0 Å². The van der Waals surface area contributed by atoms with E-state index in [4.69, 9.17) is 4.74 Å². The molecule has 1 fully saturated rings. The number of hydrogen-bond donors (Lipinski definition) is 1. The Morgan fingerprint density at radius 3 is 2.55 bits per heavy atom. The van der Waals surface area contributed by atoms with E-state index in [1.165, 1.54) is 5.56 Å². The molecular weight excluding hydrogens is 252 g/mol. The molecule has 1 heterocycles. The van der Waals surface area contributed by atoms with Crippen molar-refractivity contribution in [2.75, 3.05) is 0 Å². The molecule has 1 aliphatic rings. The maximum Gasteiger partial charge on any atom is 0.306 e. The van der Waals surface area contributed by atoms with Crippen molar-refractivity contribution >= 4 is 5.97 Å². The first-order chi connectivity index (χ1) is 9.35. The molecule has 1 saturated heterocycles. The van der Waals surface area contributed by atoms with Crippen LogP contribution in [0, 0.1) is 12.8 Å². The lowest BCUT2D eigenvalue weighted by atomic mass is 9.92. The molecular formula is C17H24O3. The van der Waals surface area contributed by atoms with Gasteiger partial charge in [-0.1, -0.05) is 29.8 Å². The number of benzene rings is 1. The number of ether oxygens (including phenoxy) is 1. The van der Waals surface area contributed by atoms with Crippen LogP contribution in [-0.2, 0) is 16.0 Å². The molecule has 2 rings (SSSR count). The Morgan fingerprint density at radius 1 is 1.40 bits per heavy atom. The minimum atomic E-state index is -0.723. The number of hydrogen-bond acceptors (Lipinski definition) is 2. The van der Waals surface area contributed by atoms with Crippen molar-refractivity contribution in [3.8, 4) is 0 Å². The average Bonchev–Trinajstić information content (AvgIpc) is 2.70. The predicted octanol–water partition coefficient (Wildman–Crippen LogP) is 3.59. The van der Waals surface area contributed by atoms with Crippen LogP contribution >= 0.6 is 0 Å². The Labute approximate surface area is 121 Å². The van der Waals surface area contributed by atoms with Crippen molar-refractivity contribution in [2.45, 2.75) is 58.2 Å². The van der Waals surface area contributed by atoms with E-state index >= 15 is 0 Å². The summed E-state index contributed by atoms with van der Waals surface area (Å²) in [6.07, 6.45) is 3.23. The van der Waals surface area contributed by atoms with Gasteiger partial charge in [0.25, 0.3) is 0 Å². The molecule has 1 aliphatic heterocycles. The number of carbonyl (C=O) groups is 1. The normalized spacial score (nSPS) is 22.6. The van der Waals surface area contributed by atoms with E-state index in [0.717, 1.165) is 18.4 Å². The fourth-order valence-corrected chi connectivity index (χ4v) is 2.84. The lowest BCUT2D eigenvalue weighted by Gasteiger charge is -2.21. The van der Waals surface area contributed by atoms with Gasteiger partial charge in [-0.25, -0.2) is 0 Å². The van der Waals surface area contributed by atoms with Crippen LogP contribution < -0.4 is 0 Å². The van der Waals surface area contributed by atoms with Crippen molar-refractivity contribution in [3.05, 3.63) is 35.4 Å². The molecule has 0 aliphatic carbocycles. The number of carboxylic acids is 1. The summed E-state index contributed by atoms with van der Waals surface area (Å²) in [5, 5.41) is 9.42. The zero-order chi connectivity index (χ0) is 14.8. The molecule has 0 radical (unpaired) electrons. The molecule has 0 bridgehead atoms. The Bertz CT molecular complexity index is 462. The van der Waals surface area contributed by atoms with Gasteiger partial charge in [-0.05, 0) is 52.0 Å². The Balaban J connectivity index is 1.97. The summed E-state index contributed by atoms with van der Waals surface area (Å²) in [4.78, 5) is 11.5. The highest BCUT2D eigenvalue weighted by Crippen LogP contribution is 2.33. The SMILES string of the molecule is Cc1ccc(CC(CC2CCC(C)(C)O2)C(=O)O)cc1. The minimum absolute atomic E-state index is 0.0801. The Morgan fingerprint density at radius 2 is 2.05 bits per heavy atom. The van der Waals surface area contributed by atoms with Crippen LogP contribution in [0.25, 0.3) is 0 Å². The molecule has 0 saturated carbocycles. The summed E-state index contributed by atoms with van der Waals surface area (Å²) in [5.41, 5.74) is 2.18. The highest BCUT2D eigenvalue weighted by Gasteiger charge is 2.34. The molecule has 3 nitrogen and oxygen atoms in total. The topological polar surface area (TPSA) is 46.5 Å². The second-order valence-electron chi connectivity index (χ2n) is 6.50. The van der Waals surface area contributed by atoms with Crippen LogP contribution in [0.15, 0.2) is 24.3 Å². The Hall–Kier alpha value is -1.35. The summed E-state index contributed by atoms with van der Waals surface area (Å²) in [6, 6.07) is 8.10. The number of rotatable bonds is 5. The first-order valence-corrected chi connectivity index (χ1v) is 7.32. The van der Waals surface area contributed by atoms with E-state index in [9.17, 15) is 9.90 Å². The molecule has 0 aromatic heterocycles. The van der Waals surface area contributed by atoms with Gasteiger partial charge in [-0.15, -0.1) is 0 Å². The average molecular weight is 276 g/mol. The lowest BCUT2D eigenvalue weighted by Crippen LogP contribution is -2.25. The molecule has 1 N–H and O–H groups in total. The molecule has 20 heavy (non-hydrogen) atoms. The molecule has 2 atom stereocenters. The van der Waals surface area contributed by atoms with Crippen LogP contribution in [0.5, 0.6) is 0 Å². The number of aliphatic carboxylic acids is 1. The minimum Gasteiger partial charge on any atom is -0.481 e. The summed E-state index contributed by atoms with van der Waals surface area (Å²) in [6.45, 7) is 6.18. The first kappa shape index (κ1) is 15.0. The van der Waals surface area contributed by atoms with Gasteiger partial charge in [-0.3, -0.25) is 4.79 Å². The lowest BCUT2D eigenvalue weighted by molar-refractivity contribution is -0.143. The van der Waals surface area contributed by atoms with Gasteiger partial charge in [0.2, 0.25) is 0 Å². The van der Waals surface area contributed by atoms with Crippen molar-refractivity contribution in [3.63, 3.8) is 0 Å². The van der Waals surface area contributed by atoms with Crippen molar-refractivity contribution < 1.29 is 14.6 Å². The van der Waals surface area contributed by atoms with Crippen LogP contribution in [0.3, 0.4) is 0 Å². The van der Waals surface area contributed by atoms with E-state index in [-0.39, 0.29) is 17.6 Å². The molecule has 0 amide bonds. The quantitative estimate of drug-likeness (QED) is 0.894. The smallest absolute Gasteiger partial charge is 0.306 e. The highest BCUT2D eigenvalue weighted by molar-refractivity contribution is 5.70. The third kappa shape index (κ3) is 4.07. The van der Waals surface area contributed by atoms with E-state index < -0.39 is 5.97 Å². The van der Waals surface area contributed by atoms with Crippen LogP contribution in [0.2, 0.25) is 0 Å². The summed E-state index contributed by atoms with van der Waals surface area (Å²) >= 11 is 0. The van der Waals surface area contributed by atoms with E-state index in [0.29, 0.717) is 12.8 Å². The van der Waals surface area contributed by atoms with Crippen molar-refractivity contribution in [1.82, 2.24) is 0 Å². The molecule has 2 unspecified atom stereocenters. The zero-order valence-electron chi connectivity index (χ0n) is 12.6. The maximum atomic E-state index is 11.5. The summed E-state index contributed by atoms with van der Waals surface area (Å²) in [7, 11) is 0. The summed E-state index contributed by atoms with van der Waals surface area (Å²) in [5.74, 6) is -1.09. The molecule has 3 heteroatoms. The zero-order valence-corrected chi connectivity index (χ0v) is 12.6. The highest BCUT2D eigenvalue weighted by atomic mass is 16.5. The first-order valence-electron chi connectivity index (χ1n) is 7.32. The third-order valence-corrected chi connectivity index (χ3v) is 4.05.